The van der Waals surface area contributed by atoms with Gasteiger partial charge >= 0.3 is 0 Å². The number of hydrogen-bond donors (Lipinski definition) is 2. The van der Waals surface area contributed by atoms with Crippen LogP contribution in [0.15, 0.2) is 18.2 Å². The fourth-order valence-corrected chi connectivity index (χ4v) is 3.46. The second-order valence-corrected chi connectivity index (χ2v) is 6.10. The predicted molar refractivity (Wildman–Crippen MR) is 82.9 cm³/mol. The molecule has 2 N–H and O–H groups in total. The van der Waals surface area contributed by atoms with E-state index in [2.05, 4.69) is 17.2 Å². The topological polar surface area (TPSA) is 49.3 Å². The van der Waals surface area contributed by atoms with Gasteiger partial charge in [0.25, 0.3) is 5.91 Å². The van der Waals surface area contributed by atoms with Crippen molar-refractivity contribution < 1.29 is 9.90 Å². The maximum absolute atomic E-state index is 12.2. The number of amides is 1. The zero-order chi connectivity index (χ0) is 14.4. The van der Waals surface area contributed by atoms with Crippen molar-refractivity contribution in [2.45, 2.75) is 13.3 Å². The first kappa shape index (κ1) is 15.0. The third-order valence-corrected chi connectivity index (χ3v) is 4.53. The summed E-state index contributed by atoms with van der Waals surface area (Å²) in [6.45, 7) is 2.49. The molecule has 20 heavy (non-hydrogen) atoms. The van der Waals surface area contributed by atoms with E-state index >= 15 is 0 Å². The van der Waals surface area contributed by atoms with Crippen LogP contribution in [-0.4, -0.2) is 35.7 Å². The molecule has 1 aliphatic rings. The van der Waals surface area contributed by atoms with E-state index in [0.29, 0.717) is 17.0 Å². The molecule has 4 heteroatoms. The first-order chi connectivity index (χ1) is 9.70. The molecule has 1 aromatic carbocycles. The van der Waals surface area contributed by atoms with Crippen molar-refractivity contribution in [1.82, 2.24) is 5.32 Å². The maximum Gasteiger partial charge on any atom is 0.252 e. The summed E-state index contributed by atoms with van der Waals surface area (Å²) < 4.78 is 0. The van der Waals surface area contributed by atoms with E-state index in [1.165, 1.54) is 12.2 Å². The molecule has 1 saturated heterocycles. The van der Waals surface area contributed by atoms with Crippen molar-refractivity contribution in [2.24, 2.45) is 5.92 Å². The van der Waals surface area contributed by atoms with Crippen LogP contribution in [0.5, 0.6) is 0 Å². The molecule has 0 radical (unpaired) electrons. The highest BCUT2D eigenvalue weighted by molar-refractivity contribution is 7.99. The molecule has 0 spiro atoms. The molecule has 1 heterocycles. The van der Waals surface area contributed by atoms with Gasteiger partial charge in [0.2, 0.25) is 0 Å². The van der Waals surface area contributed by atoms with Crippen LogP contribution in [0.25, 0.3) is 0 Å². The van der Waals surface area contributed by atoms with Gasteiger partial charge in [-0.15, -0.1) is 0 Å². The average molecular weight is 289 g/mol. The third kappa shape index (κ3) is 4.03. The Balaban J connectivity index is 2.07. The Bertz CT molecular complexity index is 539. The SMILES string of the molecule is Cc1ccc(C(=O)NCC2CCSC2)c(C#CCO)c1. The molecule has 3 nitrogen and oxygen atoms in total. The Morgan fingerprint density at radius 1 is 1.55 bits per heavy atom. The third-order valence-electron chi connectivity index (χ3n) is 3.30. The van der Waals surface area contributed by atoms with Crippen LogP contribution < -0.4 is 5.32 Å². The summed E-state index contributed by atoms with van der Waals surface area (Å²) in [5, 5.41) is 11.8. The summed E-state index contributed by atoms with van der Waals surface area (Å²) in [6.07, 6.45) is 1.18. The molecular formula is C16H19NO2S. The van der Waals surface area contributed by atoms with Crippen molar-refractivity contribution in [1.29, 1.82) is 0 Å². The molecule has 0 bridgehead atoms. The first-order valence-electron chi connectivity index (χ1n) is 6.77. The molecule has 1 unspecified atom stereocenters. The molecule has 1 aliphatic heterocycles. The Kier molecular flexibility index (Phi) is 5.51. The van der Waals surface area contributed by atoms with E-state index in [0.717, 1.165) is 17.9 Å². The van der Waals surface area contributed by atoms with Gasteiger partial charge in [0.1, 0.15) is 6.61 Å². The molecule has 1 fully saturated rings. The summed E-state index contributed by atoms with van der Waals surface area (Å²) in [5.74, 6) is 8.28. The van der Waals surface area contributed by atoms with Crippen LogP contribution in [0.3, 0.4) is 0 Å². The van der Waals surface area contributed by atoms with Crippen LogP contribution >= 0.6 is 11.8 Å². The molecule has 0 aromatic heterocycles. The highest BCUT2D eigenvalue weighted by atomic mass is 32.2. The van der Waals surface area contributed by atoms with Crippen LogP contribution in [0.4, 0.5) is 0 Å². The minimum absolute atomic E-state index is 0.0795. The minimum Gasteiger partial charge on any atom is -0.384 e. The average Bonchev–Trinajstić information content (AvgIpc) is 2.96. The van der Waals surface area contributed by atoms with E-state index < -0.39 is 0 Å². The van der Waals surface area contributed by atoms with E-state index in [-0.39, 0.29) is 12.5 Å². The van der Waals surface area contributed by atoms with Crippen molar-refractivity contribution in [3.63, 3.8) is 0 Å². The van der Waals surface area contributed by atoms with Crippen LogP contribution in [0.2, 0.25) is 0 Å². The molecule has 1 atom stereocenters. The lowest BCUT2D eigenvalue weighted by Crippen LogP contribution is -2.29. The van der Waals surface area contributed by atoms with Gasteiger partial charge in [-0.3, -0.25) is 4.79 Å². The van der Waals surface area contributed by atoms with Gasteiger partial charge in [-0.25, -0.2) is 0 Å². The number of hydrogen-bond acceptors (Lipinski definition) is 3. The van der Waals surface area contributed by atoms with Gasteiger partial charge < -0.3 is 10.4 Å². The quantitative estimate of drug-likeness (QED) is 0.835. The summed E-state index contributed by atoms with van der Waals surface area (Å²) in [7, 11) is 0. The number of rotatable bonds is 3. The van der Waals surface area contributed by atoms with Gasteiger partial charge in [0, 0.05) is 12.1 Å². The molecule has 1 amide bonds. The first-order valence-corrected chi connectivity index (χ1v) is 7.92. The van der Waals surface area contributed by atoms with E-state index in [4.69, 9.17) is 5.11 Å². The number of thioether (sulfide) groups is 1. The Labute approximate surface area is 124 Å². The maximum atomic E-state index is 12.2. The number of aryl methyl sites for hydroxylation is 1. The van der Waals surface area contributed by atoms with Crippen LogP contribution in [0.1, 0.15) is 27.9 Å². The van der Waals surface area contributed by atoms with Gasteiger partial charge in [-0.1, -0.05) is 17.9 Å². The Morgan fingerprint density at radius 2 is 2.40 bits per heavy atom. The van der Waals surface area contributed by atoms with Crippen LogP contribution in [-0.2, 0) is 0 Å². The predicted octanol–water partition coefficient (Wildman–Crippen LogP) is 1.82. The molecule has 0 saturated carbocycles. The highest BCUT2D eigenvalue weighted by Gasteiger charge is 2.17. The standard InChI is InChI=1S/C16H19NO2S/c1-12-4-5-15(14(9-12)3-2-7-18)16(19)17-10-13-6-8-20-11-13/h4-5,9,13,18H,6-8,10-11H2,1H3,(H,17,19). The minimum atomic E-state index is -0.200. The van der Waals surface area contributed by atoms with Crippen molar-refractivity contribution in [2.75, 3.05) is 24.7 Å². The van der Waals surface area contributed by atoms with Gasteiger partial charge in [0.15, 0.2) is 0 Å². The van der Waals surface area contributed by atoms with E-state index in [1.807, 2.05) is 30.8 Å². The zero-order valence-corrected chi connectivity index (χ0v) is 12.4. The lowest BCUT2D eigenvalue weighted by molar-refractivity contribution is 0.0948. The second kappa shape index (κ2) is 7.37. The second-order valence-electron chi connectivity index (χ2n) is 4.95. The lowest BCUT2D eigenvalue weighted by atomic mass is 10.0. The highest BCUT2D eigenvalue weighted by Crippen LogP contribution is 2.22. The van der Waals surface area contributed by atoms with E-state index in [9.17, 15) is 4.79 Å². The summed E-state index contributed by atoms with van der Waals surface area (Å²) in [6, 6.07) is 5.59. The fourth-order valence-electron chi connectivity index (χ4n) is 2.17. The molecule has 0 aliphatic carbocycles. The molecular weight excluding hydrogens is 270 g/mol. The number of carbonyl (C=O) groups is 1. The van der Waals surface area contributed by atoms with E-state index in [1.54, 1.807) is 6.07 Å². The summed E-state index contributed by atoms with van der Waals surface area (Å²) in [4.78, 5) is 12.2. The largest absolute Gasteiger partial charge is 0.384 e. The van der Waals surface area contributed by atoms with Gasteiger partial charge in [-0.2, -0.15) is 11.8 Å². The van der Waals surface area contributed by atoms with Crippen molar-refractivity contribution in [3.05, 3.63) is 34.9 Å². The monoisotopic (exact) mass is 289 g/mol. The zero-order valence-electron chi connectivity index (χ0n) is 11.6. The summed E-state index contributed by atoms with van der Waals surface area (Å²) >= 11 is 1.94. The number of aliphatic hydroxyl groups excluding tert-OH is 1. The number of nitrogens with one attached hydrogen (secondary N) is 1. The fraction of sp³-hybridized carbons (Fsp3) is 0.438. The van der Waals surface area contributed by atoms with Crippen LogP contribution in [0, 0.1) is 24.7 Å². The smallest absolute Gasteiger partial charge is 0.252 e. The molecule has 106 valence electrons. The molecule has 1 aromatic rings. The van der Waals surface area contributed by atoms with Gasteiger partial charge in [0.05, 0.1) is 5.56 Å². The number of aliphatic hydroxyl groups is 1. The van der Waals surface area contributed by atoms with Crippen molar-refractivity contribution in [3.8, 4) is 11.8 Å². The number of benzene rings is 1. The van der Waals surface area contributed by atoms with Gasteiger partial charge in [-0.05, 0) is 48.5 Å². The number of carbonyl (C=O) groups excluding carboxylic acids is 1. The normalized spacial score (nSPS) is 17.4. The lowest BCUT2D eigenvalue weighted by Gasteiger charge is -2.11. The Morgan fingerprint density at radius 3 is 3.10 bits per heavy atom. The van der Waals surface area contributed by atoms with Crippen molar-refractivity contribution >= 4 is 17.7 Å². The summed E-state index contributed by atoms with van der Waals surface area (Å²) in [5.41, 5.74) is 2.32. The molecule has 2 rings (SSSR count). The Hall–Kier alpha value is -1.44.